The molecule has 1 aromatic rings. The van der Waals surface area contributed by atoms with E-state index in [9.17, 15) is 23.1 Å². The number of carbonyl (C=O) groups excluding carboxylic acids is 2. The molecule has 0 aromatic heterocycles. The van der Waals surface area contributed by atoms with Crippen LogP contribution in [0.3, 0.4) is 0 Å². The van der Waals surface area contributed by atoms with Gasteiger partial charge in [-0.15, -0.1) is 0 Å². The van der Waals surface area contributed by atoms with E-state index in [4.69, 9.17) is 10.5 Å². The van der Waals surface area contributed by atoms with Gasteiger partial charge >= 0.3 is 0 Å². The maximum atomic E-state index is 13.6. The lowest BCUT2D eigenvalue weighted by Crippen LogP contribution is -2.50. The number of hydrogen-bond acceptors (Lipinski definition) is 6. The van der Waals surface area contributed by atoms with Crippen molar-refractivity contribution >= 4 is 21.8 Å². The highest BCUT2D eigenvalue weighted by Gasteiger charge is 2.32. The number of benzene rings is 1. The van der Waals surface area contributed by atoms with E-state index in [0.29, 0.717) is 30.9 Å². The number of sulfonamides is 1. The Morgan fingerprint density at radius 2 is 1.78 bits per heavy atom. The summed E-state index contributed by atoms with van der Waals surface area (Å²) in [5.74, 6) is 0.457. The molecule has 0 unspecified atom stereocenters. The third-order valence-electron chi connectivity index (χ3n) is 6.99. The molecule has 37 heavy (non-hydrogen) atoms. The van der Waals surface area contributed by atoms with Crippen molar-refractivity contribution < 1.29 is 27.9 Å². The number of amides is 2. The Morgan fingerprint density at radius 1 is 1.14 bits per heavy atom. The minimum atomic E-state index is -3.88. The summed E-state index contributed by atoms with van der Waals surface area (Å²) >= 11 is 0. The number of carbonyl (C=O) groups is 2. The quantitative estimate of drug-likeness (QED) is 0.295. The van der Waals surface area contributed by atoms with Crippen molar-refractivity contribution in [1.82, 2.24) is 9.62 Å². The summed E-state index contributed by atoms with van der Waals surface area (Å²) in [6.07, 6.45) is 6.19. The number of nitrogens with one attached hydrogen (secondary N) is 1. The fourth-order valence-corrected chi connectivity index (χ4v) is 6.21. The maximum Gasteiger partial charge on any atom is 0.243 e. The average molecular weight is 540 g/mol. The number of aliphatic hydroxyl groups is 1. The Labute approximate surface area is 222 Å². The fraction of sp³-hybridized carbons (Fsp3) is 0.704. The van der Waals surface area contributed by atoms with E-state index in [-0.39, 0.29) is 42.7 Å². The number of nitrogens with two attached hydrogens (primary N) is 1. The first-order chi connectivity index (χ1) is 17.5. The van der Waals surface area contributed by atoms with E-state index < -0.39 is 28.1 Å². The normalized spacial score (nSPS) is 16.5. The van der Waals surface area contributed by atoms with Gasteiger partial charge in [0.25, 0.3) is 0 Å². The van der Waals surface area contributed by atoms with Crippen molar-refractivity contribution in [3.63, 3.8) is 0 Å². The topological polar surface area (TPSA) is 139 Å². The molecule has 1 aromatic carbocycles. The van der Waals surface area contributed by atoms with Crippen molar-refractivity contribution in [2.24, 2.45) is 17.6 Å². The van der Waals surface area contributed by atoms with Gasteiger partial charge in [-0.2, -0.15) is 4.31 Å². The van der Waals surface area contributed by atoms with Crippen LogP contribution in [0, 0.1) is 11.8 Å². The second-order valence-corrected chi connectivity index (χ2v) is 12.5. The molecule has 0 spiro atoms. The van der Waals surface area contributed by atoms with E-state index in [0.717, 1.165) is 25.7 Å². The molecule has 0 bridgehead atoms. The lowest BCUT2D eigenvalue weighted by atomic mass is 9.83. The predicted molar refractivity (Wildman–Crippen MR) is 143 cm³/mol. The number of rotatable bonds is 16. The van der Waals surface area contributed by atoms with Crippen LogP contribution in [-0.2, 0) is 19.6 Å². The van der Waals surface area contributed by atoms with Crippen molar-refractivity contribution in [2.45, 2.75) is 95.1 Å². The lowest BCUT2D eigenvalue weighted by molar-refractivity contribution is -0.123. The van der Waals surface area contributed by atoms with Gasteiger partial charge in [0, 0.05) is 25.9 Å². The van der Waals surface area contributed by atoms with Gasteiger partial charge < -0.3 is 20.9 Å². The summed E-state index contributed by atoms with van der Waals surface area (Å²) in [4.78, 5) is 23.8. The van der Waals surface area contributed by atoms with Crippen molar-refractivity contribution in [3.8, 4) is 5.75 Å². The third kappa shape index (κ3) is 10.6. The maximum absolute atomic E-state index is 13.6. The number of primary amides is 1. The SMILES string of the molecule is COc1ccc(S(=O)(=O)N(CCC(C)C)C[C@@H](O)[C@H](CC2CCCCC2)NC(=O)CCCC(N)=O)cc1. The van der Waals surface area contributed by atoms with Crippen molar-refractivity contribution in [3.05, 3.63) is 24.3 Å². The second-order valence-electron chi connectivity index (χ2n) is 10.5. The van der Waals surface area contributed by atoms with Gasteiger partial charge in [0.15, 0.2) is 0 Å². The van der Waals surface area contributed by atoms with Crippen LogP contribution in [0.5, 0.6) is 5.75 Å². The van der Waals surface area contributed by atoms with Gasteiger partial charge in [-0.1, -0.05) is 46.0 Å². The molecule has 1 aliphatic carbocycles. The summed E-state index contributed by atoms with van der Waals surface area (Å²) in [7, 11) is -2.36. The number of aliphatic hydroxyl groups excluding tert-OH is 1. The van der Waals surface area contributed by atoms with Gasteiger partial charge in [-0.3, -0.25) is 9.59 Å². The molecule has 1 fully saturated rings. The number of ether oxygens (including phenoxy) is 1. The largest absolute Gasteiger partial charge is 0.497 e. The van der Waals surface area contributed by atoms with Gasteiger partial charge in [0.1, 0.15) is 5.75 Å². The average Bonchev–Trinajstić information content (AvgIpc) is 2.86. The second kappa shape index (κ2) is 15.3. The Morgan fingerprint density at radius 3 is 2.35 bits per heavy atom. The first-order valence-corrected chi connectivity index (χ1v) is 14.9. The molecule has 0 saturated heterocycles. The third-order valence-corrected chi connectivity index (χ3v) is 8.87. The molecule has 10 heteroatoms. The lowest BCUT2D eigenvalue weighted by Gasteiger charge is -2.33. The zero-order chi connectivity index (χ0) is 27.4. The van der Waals surface area contributed by atoms with Crippen LogP contribution >= 0.6 is 0 Å². The standard InChI is InChI=1S/C27H45N3O6S/c1-20(2)16-17-30(37(34,35)23-14-12-22(36-3)13-15-23)19-25(31)24(18-21-8-5-4-6-9-21)29-27(33)11-7-10-26(28)32/h12-15,20-21,24-25,31H,4-11,16-19H2,1-3H3,(H2,28,32)(H,29,33)/t24-,25+/m0/s1. The van der Waals surface area contributed by atoms with Crippen LogP contribution in [0.25, 0.3) is 0 Å². The Kier molecular flexibility index (Phi) is 12.8. The number of methoxy groups -OCH3 is 1. The smallest absolute Gasteiger partial charge is 0.243 e. The highest BCUT2D eigenvalue weighted by Crippen LogP contribution is 2.29. The van der Waals surface area contributed by atoms with Crippen molar-refractivity contribution in [1.29, 1.82) is 0 Å². The molecule has 9 nitrogen and oxygen atoms in total. The Balaban J connectivity index is 2.21. The molecule has 2 amide bonds. The molecule has 2 atom stereocenters. The molecule has 0 aliphatic heterocycles. The van der Waals surface area contributed by atoms with E-state index >= 15 is 0 Å². The molecule has 1 aliphatic rings. The summed E-state index contributed by atoms with van der Waals surface area (Å²) < 4.78 is 33.6. The molecule has 0 heterocycles. The first kappa shape index (κ1) is 31.1. The number of hydrogen-bond donors (Lipinski definition) is 3. The van der Waals surface area contributed by atoms with E-state index in [2.05, 4.69) is 5.32 Å². The van der Waals surface area contributed by atoms with Gasteiger partial charge in [-0.05, 0) is 55.4 Å². The molecule has 2 rings (SSSR count). The predicted octanol–water partition coefficient (Wildman–Crippen LogP) is 3.20. The highest BCUT2D eigenvalue weighted by molar-refractivity contribution is 7.89. The summed E-state index contributed by atoms with van der Waals surface area (Å²) in [5, 5.41) is 14.3. The summed E-state index contributed by atoms with van der Waals surface area (Å²) in [6.45, 7) is 4.17. The summed E-state index contributed by atoms with van der Waals surface area (Å²) in [5.41, 5.74) is 5.18. The van der Waals surface area contributed by atoms with Crippen LogP contribution < -0.4 is 15.8 Å². The monoisotopic (exact) mass is 539 g/mol. The Hall–Kier alpha value is -2.17. The molecular formula is C27H45N3O6S. The van der Waals surface area contributed by atoms with Crippen LogP contribution in [0.1, 0.15) is 78.1 Å². The van der Waals surface area contributed by atoms with Crippen LogP contribution in [0.15, 0.2) is 29.2 Å². The number of nitrogens with zero attached hydrogens (tertiary/aromatic N) is 1. The zero-order valence-electron chi connectivity index (χ0n) is 22.5. The molecule has 4 N–H and O–H groups in total. The zero-order valence-corrected chi connectivity index (χ0v) is 23.3. The highest BCUT2D eigenvalue weighted by atomic mass is 32.2. The Bertz CT molecular complexity index is 945. The van der Waals surface area contributed by atoms with E-state index in [1.807, 2.05) is 13.8 Å². The van der Waals surface area contributed by atoms with Gasteiger partial charge in [0.05, 0.1) is 24.2 Å². The minimum Gasteiger partial charge on any atom is -0.497 e. The van der Waals surface area contributed by atoms with E-state index in [1.165, 1.54) is 30.0 Å². The molecule has 1 saturated carbocycles. The fourth-order valence-electron chi connectivity index (χ4n) is 4.74. The minimum absolute atomic E-state index is 0.117. The molecular weight excluding hydrogens is 494 g/mol. The molecule has 0 radical (unpaired) electrons. The van der Waals surface area contributed by atoms with Crippen LogP contribution in [0.4, 0.5) is 0 Å². The molecule has 210 valence electrons. The van der Waals surface area contributed by atoms with E-state index in [1.54, 1.807) is 12.1 Å². The van der Waals surface area contributed by atoms with Gasteiger partial charge in [-0.25, -0.2) is 8.42 Å². The van der Waals surface area contributed by atoms with Gasteiger partial charge in [0.2, 0.25) is 21.8 Å². The first-order valence-electron chi connectivity index (χ1n) is 13.4. The van der Waals surface area contributed by atoms with Crippen LogP contribution in [-0.4, -0.2) is 62.0 Å². The van der Waals surface area contributed by atoms with Crippen molar-refractivity contribution in [2.75, 3.05) is 20.2 Å². The summed E-state index contributed by atoms with van der Waals surface area (Å²) in [6, 6.07) is 5.62. The van der Waals surface area contributed by atoms with Crippen LogP contribution in [0.2, 0.25) is 0 Å².